The van der Waals surface area contributed by atoms with E-state index in [9.17, 15) is 8.42 Å². The van der Waals surface area contributed by atoms with Crippen molar-refractivity contribution in [1.29, 1.82) is 0 Å². The Balaban J connectivity index is 2.13. The van der Waals surface area contributed by atoms with Gasteiger partial charge in [0.05, 0.1) is 11.4 Å². The number of rotatable bonds is 5. The Morgan fingerprint density at radius 3 is 2.74 bits per heavy atom. The van der Waals surface area contributed by atoms with E-state index in [-0.39, 0.29) is 11.4 Å². The lowest BCUT2D eigenvalue weighted by Crippen LogP contribution is -2.25. The molecular formula is C14H18N2O2S. The molecule has 0 radical (unpaired) electrons. The van der Waals surface area contributed by atoms with E-state index in [2.05, 4.69) is 16.6 Å². The molecule has 0 saturated heterocycles. The summed E-state index contributed by atoms with van der Waals surface area (Å²) in [6, 6.07) is 6.73. The van der Waals surface area contributed by atoms with E-state index in [0.29, 0.717) is 18.0 Å². The van der Waals surface area contributed by atoms with Gasteiger partial charge < -0.3 is 5.73 Å². The third-order valence-electron chi connectivity index (χ3n) is 3.04. The minimum absolute atomic E-state index is 0.212. The average molecular weight is 278 g/mol. The van der Waals surface area contributed by atoms with Gasteiger partial charge >= 0.3 is 0 Å². The molecule has 1 saturated carbocycles. The van der Waals surface area contributed by atoms with Crippen molar-refractivity contribution >= 4 is 10.0 Å². The van der Waals surface area contributed by atoms with E-state index in [0.717, 1.165) is 6.42 Å². The van der Waals surface area contributed by atoms with E-state index in [4.69, 9.17) is 5.73 Å². The number of nitrogens with two attached hydrogens (primary N) is 1. The van der Waals surface area contributed by atoms with Crippen LogP contribution in [0.1, 0.15) is 24.8 Å². The summed E-state index contributed by atoms with van der Waals surface area (Å²) in [4.78, 5) is 0.228. The molecule has 0 bridgehead atoms. The van der Waals surface area contributed by atoms with E-state index >= 15 is 0 Å². The summed E-state index contributed by atoms with van der Waals surface area (Å²) in [5, 5.41) is 0. The van der Waals surface area contributed by atoms with Gasteiger partial charge in [0.25, 0.3) is 0 Å². The predicted molar refractivity (Wildman–Crippen MR) is 74.9 cm³/mol. The summed E-state index contributed by atoms with van der Waals surface area (Å²) in [6.45, 7) is 0.704. The lowest BCUT2D eigenvalue weighted by atomic mass is 10.2. The molecule has 3 N–H and O–H groups in total. The molecule has 102 valence electrons. The van der Waals surface area contributed by atoms with Crippen LogP contribution in [-0.2, 0) is 10.0 Å². The molecule has 2 rings (SSSR count). The van der Waals surface area contributed by atoms with Crippen LogP contribution in [0.2, 0.25) is 0 Å². The van der Waals surface area contributed by atoms with E-state index in [1.54, 1.807) is 24.3 Å². The number of benzene rings is 1. The fourth-order valence-corrected chi connectivity index (χ4v) is 3.04. The Labute approximate surface area is 114 Å². The second kappa shape index (κ2) is 6.20. The molecule has 0 amide bonds. The van der Waals surface area contributed by atoms with Crippen LogP contribution in [0.4, 0.5) is 0 Å². The van der Waals surface area contributed by atoms with Crippen LogP contribution in [0.3, 0.4) is 0 Å². The molecule has 1 aliphatic rings. The van der Waals surface area contributed by atoms with Crippen LogP contribution in [-0.4, -0.2) is 21.5 Å². The van der Waals surface area contributed by atoms with Crippen LogP contribution in [0.15, 0.2) is 29.2 Å². The van der Waals surface area contributed by atoms with Crippen LogP contribution in [0.5, 0.6) is 0 Å². The van der Waals surface area contributed by atoms with Gasteiger partial charge in [0.15, 0.2) is 0 Å². The van der Waals surface area contributed by atoms with Gasteiger partial charge in [-0.05, 0) is 24.5 Å². The van der Waals surface area contributed by atoms with Crippen molar-refractivity contribution < 1.29 is 8.42 Å². The molecule has 0 unspecified atom stereocenters. The van der Waals surface area contributed by atoms with Crippen molar-refractivity contribution in [2.24, 2.45) is 11.7 Å². The topological polar surface area (TPSA) is 72.2 Å². The number of nitrogens with one attached hydrogen (secondary N) is 1. The molecule has 0 spiro atoms. The minimum Gasteiger partial charge on any atom is -0.320 e. The van der Waals surface area contributed by atoms with Crippen LogP contribution in [0, 0.1) is 17.8 Å². The van der Waals surface area contributed by atoms with Crippen molar-refractivity contribution in [1.82, 2.24) is 4.72 Å². The Kier molecular flexibility index (Phi) is 4.59. The summed E-state index contributed by atoms with van der Waals surface area (Å²) in [5.41, 5.74) is 5.81. The maximum Gasteiger partial charge on any atom is 0.241 e. The smallest absolute Gasteiger partial charge is 0.241 e. The Morgan fingerprint density at radius 2 is 2.05 bits per heavy atom. The van der Waals surface area contributed by atoms with E-state index in [1.807, 2.05) is 0 Å². The second-order valence-corrected chi connectivity index (χ2v) is 6.37. The molecule has 4 nitrogen and oxygen atoms in total. The van der Waals surface area contributed by atoms with Crippen LogP contribution in [0.25, 0.3) is 0 Å². The molecule has 1 aromatic carbocycles. The first-order valence-electron chi connectivity index (χ1n) is 6.41. The first-order valence-corrected chi connectivity index (χ1v) is 7.89. The van der Waals surface area contributed by atoms with Crippen molar-refractivity contribution in [3.8, 4) is 11.8 Å². The lowest BCUT2D eigenvalue weighted by Gasteiger charge is -2.08. The molecule has 0 atom stereocenters. The van der Waals surface area contributed by atoms with Crippen LogP contribution >= 0.6 is 0 Å². The largest absolute Gasteiger partial charge is 0.320 e. The molecular weight excluding hydrogens is 260 g/mol. The highest BCUT2D eigenvalue weighted by Crippen LogP contribution is 2.31. The zero-order valence-corrected chi connectivity index (χ0v) is 11.5. The molecule has 1 fully saturated rings. The molecule has 1 aromatic rings. The Morgan fingerprint density at radius 1 is 1.32 bits per heavy atom. The van der Waals surface area contributed by atoms with E-state index < -0.39 is 10.0 Å². The molecule has 1 aliphatic carbocycles. The van der Waals surface area contributed by atoms with Gasteiger partial charge in [-0.15, -0.1) is 0 Å². The molecule has 0 aliphatic heterocycles. The summed E-state index contributed by atoms with van der Waals surface area (Å²) in [6.07, 6.45) is 3.36. The number of hydrogen-bond acceptors (Lipinski definition) is 3. The average Bonchev–Trinajstić information content (AvgIpc) is 3.20. The number of hydrogen-bond donors (Lipinski definition) is 2. The predicted octanol–water partition coefficient (Wildman–Crippen LogP) is 1.08. The van der Waals surface area contributed by atoms with Gasteiger partial charge in [0.2, 0.25) is 10.0 Å². The first-order chi connectivity index (χ1) is 9.13. The highest BCUT2D eigenvalue weighted by atomic mass is 32.2. The fraction of sp³-hybridized carbons (Fsp3) is 0.429. The first kappa shape index (κ1) is 14.1. The second-order valence-electron chi connectivity index (χ2n) is 4.63. The highest BCUT2D eigenvalue weighted by Gasteiger charge is 2.22. The monoisotopic (exact) mass is 278 g/mol. The quantitative estimate of drug-likeness (QED) is 0.792. The van der Waals surface area contributed by atoms with Gasteiger partial charge in [-0.3, -0.25) is 0 Å². The Bertz CT molecular complexity index is 595. The zero-order chi connectivity index (χ0) is 13.7. The van der Waals surface area contributed by atoms with Gasteiger partial charge in [0.1, 0.15) is 0 Å². The normalized spacial score (nSPS) is 14.8. The van der Waals surface area contributed by atoms with Gasteiger partial charge in [-0.2, -0.15) is 0 Å². The van der Waals surface area contributed by atoms with Crippen molar-refractivity contribution in [2.45, 2.75) is 24.2 Å². The third kappa shape index (κ3) is 4.06. The van der Waals surface area contributed by atoms with Crippen molar-refractivity contribution in [3.63, 3.8) is 0 Å². The van der Waals surface area contributed by atoms with Gasteiger partial charge in [0, 0.05) is 12.1 Å². The molecule has 0 aromatic heterocycles. The molecule has 0 heterocycles. The summed E-state index contributed by atoms with van der Waals surface area (Å²) >= 11 is 0. The SMILES string of the molecule is NCC#Cc1ccccc1S(=O)(=O)NCCC1CC1. The summed E-state index contributed by atoms with van der Waals surface area (Å²) in [7, 11) is -3.48. The van der Waals surface area contributed by atoms with Crippen LogP contribution < -0.4 is 10.5 Å². The number of sulfonamides is 1. The van der Waals surface area contributed by atoms with E-state index in [1.165, 1.54) is 12.8 Å². The van der Waals surface area contributed by atoms with Gasteiger partial charge in [-0.25, -0.2) is 13.1 Å². The maximum absolute atomic E-state index is 12.2. The van der Waals surface area contributed by atoms with Crippen molar-refractivity contribution in [3.05, 3.63) is 29.8 Å². The summed E-state index contributed by atoms with van der Waals surface area (Å²) in [5.74, 6) is 6.19. The minimum atomic E-state index is -3.48. The lowest BCUT2D eigenvalue weighted by molar-refractivity contribution is 0.575. The third-order valence-corrected chi connectivity index (χ3v) is 4.56. The fourth-order valence-electron chi connectivity index (χ4n) is 1.83. The zero-order valence-electron chi connectivity index (χ0n) is 10.7. The molecule has 5 heteroatoms. The maximum atomic E-state index is 12.2. The highest BCUT2D eigenvalue weighted by molar-refractivity contribution is 7.89. The molecule has 19 heavy (non-hydrogen) atoms. The van der Waals surface area contributed by atoms with Crippen molar-refractivity contribution in [2.75, 3.05) is 13.1 Å². The summed E-state index contributed by atoms with van der Waals surface area (Å²) < 4.78 is 27.1. The standard InChI is InChI=1S/C14H18N2O2S/c15-10-3-5-13-4-1-2-6-14(13)19(17,18)16-11-9-12-7-8-12/h1-2,4,6,12,16H,7-11,15H2. The van der Waals surface area contributed by atoms with Gasteiger partial charge in [-0.1, -0.05) is 36.8 Å². The Hall–Kier alpha value is -1.35.